The van der Waals surface area contributed by atoms with Gasteiger partial charge >= 0.3 is 0 Å². The third kappa shape index (κ3) is 6.51. The predicted octanol–water partition coefficient (Wildman–Crippen LogP) is 4.00. The molecule has 27 heavy (non-hydrogen) atoms. The highest BCUT2D eigenvalue weighted by Gasteiger charge is 2.17. The number of amides is 1. The van der Waals surface area contributed by atoms with E-state index in [4.69, 9.17) is 14.2 Å². The molecule has 2 aromatic carbocycles. The predicted molar refractivity (Wildman–Crippen MR) is 107 cm³/mol. The van der Waals surface area contributed by atoms with Crippen LogP contribution in [0.15, 0.2) is 48.5 Å². The van der Waals surface area contributed by atoms with Crippen LogP contribution in [0.5, 0.6) is 17.2 Å². The Labute approximate surface area is 161 Å². The van der Waals surface area contributed by atoms with Crippen LogP contribution in [0.3, 0.4) is 0 Å². The molecule has 0 fully saturated rings. The Morgan fingerprint density at radius 3 is 2.41 bits per heavy atom. The minimum Gasteiger partial charge on any atom is -0.497 e. The molecule has 0 bridgehead atoms. The van der Waals surface area contributed by atoms with Crippen molar-refractivity contribution in [1.82, 2.24) is 5.32 Å². The second kappa shape index (κ2) is 11.1. The van der Waals surface area contributed by atoms with Crippen LogP contribution in [0.25, 0.3) is 0 Å². The van der Waals surface area contributed by atoms with Gasteiger partial charge in [-0.25, -0.2) is 0 Å². The van der Waals surface area contributed by atoms with Gasteiger partial charge in [0.2, 0.25) is 0 Å². The number of ether oxygens (including phenoxy) is 3. The zero-order valence-corrected chi connectivity index (χ0v) is 16.4. The molecule has 146 valence electrons. The zero-order chi connectivity index (χ0) is 19.5. The molecule has 0 radical (unpaired) electrons. The Morgan fingerprint density at radius 2 is 1.74 bits per heavy atom. The summed E-state index contributed by atoms with van der Waals surface area (Å²) in [6.45, 7) is 5.16. The van der Waals surface area contributed by atoms with Crippen LogP contribution < -0.4 is 19.5 Å². The Kier molecular flexibility index (Phi) is 8.49. The van der Waals surface area contributed by atoms with Crippen molar-refractivity contribution >= 4 is 5.91 Å². The van der Waals surface area contributed by atoms with Gasteiger partial charge in [-0.1, -0.05) is 25.1 Å². The number of nitrogens with one attached hydrogen (secondary N) is 1. The van der Waals surface area contributed by atoms with Crippen molar-refractivity contribution in [2.45, 2.75) is 39.2 Å². The van der Waals surface area contributed by atoms with E-state index >= 15 is 0 Å². The lowest BCUT2D eigenvalue weighted by Gasteiger charge is -2.17. The molecule has 5 heteroatoms. The fourth-order valence-corrected chi connectivity index (χ4v) is 2.75. The maximum absolute atomic E-state index is 12.4. The van der Waals surface area contributed by atoms with Gasteiger partial charge < -0.3 is 19.5 Å². The highest BCUT2D eigenvalue weighted by atomic mass is 16.5. The number of carbonyl (C=O) groups excluding carboxylic acids is 1. The van der Waals surface area contributed by atoms with E-state index in [1.54, 1.807) is 19.2 Å². The van der Waals surface area contributed by atoms with E-state index in [1.165, 1.54) is 0 Å². The minimum atomic E-state index is -0.505. The van der Waals surface area contributed by atoms with Gasteiger partial charge in [-0.05, 0) is 62.1 Å². The van der Waals surface area contributed by atoms with Gasteiger partial charge in [0, 0.05) is 6.54 Å². The monoisotopic (exact) mass is 371 g/mol. The van der Waals surface area contributed by atoms with E-state index in [2.05, 4.69) is 11.4 Å². The standard InChI is InChI=1S/C22H29NO4/c1-4-20(27-19-14-12-18(25-3)13-15-19)22(24)23-16-8-10-17-9-6-7-11-21(17)26-5-2/h6-7,9,11-15,20H,4-5,8,10,16H2,1-3H3,(H,23,24)/t20-/m1/s1. The van der Waals surface area contributed by atoms with Crippen molar-refractivity contribution in [3.63, 3.8) is 0 Å². The van der Waals surface area contributed by atoms with Crippen molar-refractivity contribution in [1.29, 1.82) is 0 Å². The molecule has 0 saturated heterocycles. The van der Waals surface area contributed by atoms with Gasteiger partial charge in [0.15, 0.2) is 6.10 Å². The van der Waals surface area contributed by atoms with Gasteiger partial charge in [0.25, 0.3) is 5.91 Å². The first kappa shape index (κ1) is 20.6. The molecule has 0 heterocycles. The van der Waals surface area contributed by atoms with Crippen molar-refractivity contribution in [2.75, 3.05) is 20.3 Å². The van der Waals surface area contributed by atoms with Gasteiger partial charge in [0.1, 0.15) is 17.2 Å². The van der Waals surface area contributed by atoms with Crippen molar-refractivity contribution in [3.8, 4) is 17.2 Å². The highest BCUT2D eigenvalue weighted by molar-refractivity contribution is 5.81. The Balaban J connectivity index is 1.79. The molecule has 5 nitrogen and oxygen atoms in total. The number of benzene rings is 2. The summed E-state index contributed by atoms with van der Waals surface area (Å²) in [7, 11) is 1.62. The Morgan fingerprint density at radius 1 is 1.04 bits per heavy atom. The molecular formula is C22H29NO4. The molecule has 0 aliphatic carbocycles. The lowest BCUT2D eigenvalue weighted by Crippen LogP contribution is -2.38. The fraction of sp³-hybridized carbons (Fsp3) is 0.409. The molecule has 0 unspecified atom stereocenters. The molecule has 0 saturated carbocycles. The topological polar surface area (TPSA) is 56.8 Å². The summed E-state index contributed by atoms with van der Waals surface area (Å²) in [5.74, 6) is 2.24. The van der Waals surface area contributed by atoms with E-state index < -0.39 is 6.10 Å². The first-order valence-electron chi connectivity index (χ1n) is 9.47. The number of aryl methyl sites for hydroxylation is 1. The third-order valence-corrected chi connectivity index (χ3v) is 4.20. The first-order valence-corrected chi connectivity index (χ1v) is 9.47. The van der Waals surface area contributed by atoms with Crippen molar-refractivity contribution in [2.24, 2.45) is 0 Å². The molecule has 0 aromatic heterocycles. The summed E-state index contributed by atoms with van der Waals surface area (Å²) < 4.78 is 16.6. The van der Waals surface area contributed by atoms with Gasteiger partial charge in [-0.15, -0.1) is 0 Å². The van der Waals surface area contributed by atoms with Gasteiger partial charge in [0.05, 0.1) is 13.7 Å². The number of hydrogen-bond acceptors (Lipinski definition) is 4. The molecule has 1 N–H and O–H groups in total. The van der Waals surface area contributed by atoms with Crippen molar-refractivity contribution < 1.29 is 19.0 Å². The number of carbonyl (C=O) groups is 1. The Bertz CT molecular complexity index is 700. The second-order valence-electron chi connectivity index (χ2n) is 6.13. The average Bonchev–Trinajstić information content (AvgIpc) is 2.71. The SMILES string of the molecule is CCOc1ccccc1CCCNC(=O)[C@@H](CC)Oc1ccc(OC)cc1. The number of para-hydroxylation sites is 1. The van der Waals surface area contributed by atoms with E-state index in [0.717, 1.165) is 29.9 Å². The molecular weight excluding hydrogens is 342 g/mol. The summed E-state index contributed by atoms with van der Waals surface area (Å²) in [4.78, 5) is 12.4. The normalized spacial score (nSPS) is 11.5. The summed E-state index contributed by atoms with van der Waals surface area (Å²) in [5.41, 5.74) is 1.16. The number of hydrogen-bond donors (Lipinski definition) is 1. The van der Waals surface area contributed by atoms with Crippen LogP contribution in [0.4, 0.5) is 0 Å². The van der Waals surface area contributed by atoms with Gasteiger partial charge in [-0.3, -0.25) is 4.79 Å². The second-order valence-corrected chi connectivity index (χ2v) is 6.13. The van der Waals surface area contributed by atoms with E-state index in [9.17, 15) is 4.79 Å². The average molecular weight is 371 g/mol. The Hall–Kier alpha value is -2.69. The molecule has 1 amide bonds. The molecule has 0 aliphatic heterocycles. The fourth-order valence-electron chi connectivity index (χ4n) is 2.75. The minimum absolute atomic E-state index is 0.0913. The van der Waals surface area contributed by atoms with E-state index in [1.807, 2.05) is 44.2 Å². The molecule has 1 atom stereocenters. The lowest BCUT2D eigenvalue weighted by molar-refractivity contribution is -0.128. The number of methoxy groups -OCH3 is 1. The first-order chi connectivity index (χ1) is 13.2. The quantitative estimate of drug-likeness (QED) is 0.607. The summed E-state index contributed by atoms with van der Waals surface area (Å²) in [6.07, 6.45) is 1.79. The van der Waals surface area contributed by atoms with Crippen LogP contribution in [-0.2, 0) is 11.2 Å². The van der Waals surface area contributed by atoms with Crippen LogP contribution in [0.1, 0.15) is 32.3 Å². The van der Waals surface area contributed by atoms with E-state index in [0.29, 0.717) is 25.3 Å². The molecule has 0 aliphatic rings. The molecule has 0 spiro atoms. The molecule has 2 rings (SSSR count). The van der Waals surface area contributed by atoms with Crippen molar-refractivity contribution in [3.05, 3.63) is 54.1 Å². The zero-order valence-electron chi connectivity index (χ0n) is 16.4. The maximum atomic E-state index is 12.4. The smallest absolute Gasteiger partial charge is 0.261 e. The van der Waals surface area contributed by atoms with Crippen LogP contribution in [-0.4, -0.2) is 32.3 Å². The maximum Gasteiger partial charge on any atom is 0.261 e. The summed E-state index contributed by atoms with van der Waals surface area (Å²) in [6, 6.07) is 15.3. The molecule has 2 aromatic rings. The summed E-state index contributed by atoms with van der Waals surface area (Å²) in [5, 5.41) is 2.97. The van der Waals surface area contributed by atoms with Crippen LogP contribution >= 0.6 is 0 Å². The largest absolute Gasteiger partial charge is 0.497 e. The van der Waals surface area contributed by atoms with Gasteiger partial charge in [-0.2, -0.15) is 0 Å². The van der Waals surface area contributed by atoms with Crippen LogP contribution in [0, 0.1) is 0 Å². The number of rotatable bonds is 11. The lowest BCUT2D eigenvalue weighted by atomic mass is 10.1. The van der Waals surface area contributed by atoms with Crippen LogP contribution in [0.2, 0.25) is 0 Å². The third-order valence-electron chi connectivity index (χ3n) is 4.20. The summed E-state index contributed by atoms with van der Waals surface area (Å²) >= 11 is 0. The highest BCUT2D eigenvalue weighted by Crippen LogP contribution is 2.20. The van der Waals surface area contributed by atoms with E-state index in [-0.39, 0.29) is 5.91 Å².